The fourth-order valence-electron chi connectivity index (χ4n) is 2.75. The molecule has 1 aliphatic rings. The van der Waals surface area contributed by atoms with E-state index in [1.54, 1.807) is 6.20 Å². The van der Waals surface area contributed by atoms with Gasteiger partial charge in [0, 0.05) is 40.6 Å². The lowest BCUT2D eigenvalue weighted by Crippen LogP contribution is -2.31. The van der Waals surface area contributed by atoms with Crippen molar-refractivity contribution >= 4 is 27.5 Å². The first-order valence-electron chi connectivity index (χ1n) is 7.51. The number of hydrogen-bond acceptors (Lipinski definition) is 4. The number of rotatable bonds is 2. The van der Waals surface area contributed by atoms with Crippen molar-refractivity contribution in [1.82, 2.24) is 20.3 Å². The zero-order valence-corrected chi connectivity index (χ0v) is 14.2. The molecule has 0 spiro atoms. The molecular weight excluding hydrogens is 370 g/mol. The highest BCUT2D eigenvalue weighted by atomic mass is 79.9. The number of carbonyl (C=O) groups is 1. The second kappa shape index (κ2) is 5.76. The summed E-state index contributed by atoms with van der Waals surface area (Å²) in [5.41, 5.74) is 10.6. The normalized spacial score (nSPS) is 13.5. The first-order chi connectivity index (χ1) is 11.6. The molecule has 1 aromatic carbocycles. The van der Waals surface area contributed by atoms with Crippen molar-refractivity contribution in [3.05, 3.63) is 52.3 Å². The Hall–Kier alpha value is -2.67. The van der Waals surface area contributed by atoms with Crippen molar-refractivity contribution in [3.63, 3.8) is 0 Å². The lowest BCUT2D eigenvalue weighted by atomic mass is 10.1. The maximum absolute atomic E-state index is 11.9. The molecular formula is C17H14BrN5O. The molecule has 0 aliphatic carbocycles. The van der Waals surface area contributed by atoms with Gasteiger partial charge in [0.2, 0.25) is 0 Å². The number of benzene rings is 1. The predicted molar refractivity (Wildman–Crippen MR) is 95.4 cm³/mol. The first-order valence-corrected chi connectivity index (χ1v) is 8.30. The number of fused-ring (bicyclic) bond motifs is 1. The number of amides is 1. The Morgan fingerprint density at radius 2 is 2.08 bits per heavy atom. The molecule has 3 aromatic rings. The number of anilines is 1. The Labute approximate surface area is 146 Å². The molecule has 0 bridgehead atoms. The van der Waals surface area contributed by atoms with Crippen LogP contribution in [0.15, 0.2) is 41.0 Å². The van der Waals surface area contributed by atoms with Gasteiger partial charge < -0.3 is 16.0 Å². The number of carbonyl (C=O) groups excluding carboxylic acids is 1. The SMILES string of the molecule is Nc1ccc(-c2nccc(-c3cc4c([nH]3)CCNC4=O)n2)cc1Br. The molecule has 120 valence electrons. The third-order valence-corrected chi connectivity index (χ3v) is 4.68. The van der Waals surface area contributed by atoms with Gasteiger partial charge in [-0.3, -0.25) is 4.79 Å². The van der Waals surface area contributed by atoms with E-state index in [4.69, 9.17) is 5.73 Å². The summed E-state index contributed by atoms with van der Waals surface area (Å²) >= 11 is 3.42. The van der Waals surface area contributed by atoms with E-state index >= 15 is 0 Å². The Kier molecular flexibility index (Phi) is 3.57. The quantitative estimate of drug-likeness (QED) is 0.592. The van der Waals surface area contributed by atoms with E-state index in [0.29, 0.717) is 23.6 Å². The van der Waals surface area contributed by atoms with E-state index in [0.717, 1.165) is 33.5 Å². The molecule has 6 nitrogen and oxygen atoms in total. The smallest absolute Gasteiger partial charge is 0.253 e. The molecule has 1 aliphatic heterocycles. The number of nitrogens with two attached hydrogens (primary N) is 1. The van der Waals surface area contributed by atoms with Crippen LogP contribution in [-0.4, -0.2) is 27.4 Å². The third-order valence-electron chi connectivity index (χ3n) is 3.99. The van der Waals surface area contributed by atoms with Gasteiger partial charge in [-0.2, -0.15) is 0 Å². The number of nitrogens with one attached hydrogen (secondary N) is 2. The third kappa shape index (κ3) is 2.56. The average Bonchev–Trinajstić information content (AvgIpc) is 3.03. The molecule has 7 heteroatoms. The number of hydrogen-bond donors (Lipinski definition) is 3. The van der Waals surface area contributed by atoms with Crippen LogP contribution in [0, 0.1) is 0 Å². The molecule has 1 amide bonds. The van der Waals surface area contributed by atoms with Crippen LogP contribution in [0.4, 0.5) is 5.69 Å². The second-order valence-electron chi connectivity index (χ2n) is 5.58. The largest absolute Gasteiger partial charge is 0.398 e. The monoisotopic (exact) mass is 383 g/mol. The van der Waals surface area contributed by atoms with Crippen LogP contribution < -0.4 is 11.1 Å². The van der Waals surface area contributed by atoms with Gasteiger partial charge in [-0.05, 0) is 46.3 Å². The summed E-state index contributed by atoms with van der Waals surface area (Å²) < 4.78 is 0.806. The van der Waals surface area contributed by atoms with Crippen molar-refractivity contribution in [1.29, 1.82) is 0 Å². The summed E-state index contributed by atoms with van der Waals surface area (Å²) in [6.45, 7) is 0.653. The van der Waals surface area contributed by atoms with E-state index in [1.165, 1.54) is 0 Å². The highest BCUT2D eigenvalue weighted by molar-refractivity contribution is 9.10. The maximum Gasteiger partial charge on any atom is 0.253 e. The summed E-state index contributed by atoms with van der Waals surface area (Å²) in [7, 11) is 0. The number of aromatic amines is 1. The lowest BCUT2D eigenvalue weighted by molar-refractivity contribution is 0.0946. The Balaban J connectivity index is 1.75. The zero-order valence-electron chi connectivity index (χ0n) is 12.6. The standard InChI is InChI=1S/C17H14BrN5O/c18-11-7-9(1-2-12(11)19)16-20-5-4-14(23-16)15-8-10-13(22-15)3-6-21-17(10)24/h1-2,4-5,7-8,22H,3,6,19H2,(H,21,24). The minimum absolute atomic E-state index is 0.0458. The molecule has 2 aromatic heterocycles. The topological polar surface area (TPSA) is 96.7 Å². The van der Waals surface area contributed by atoms with Crippen molar-refractivity contribution in [2.45, 2.75) is 6.42 Å². The summed E-state index contributed by atoms with van der Waals surface area (Å²) in [4.78, 5) is 24.2. The van der Waals surface area contributed by atoms with Crippen molar-refractivity contribution in [3.8, 4) is 22.8 Å². The molecule has 4 N–H and O–H groups in total. The van der Waals surface area contributed by atoms with Gasteiger partial charge in [0.25, 0.3) is 5.91 Å². The fraction of sp³-hybridized carbons (Fsp3) is 0.118. The average molecular weight is 384 g/mol. The second-order valence-corrected chi connectivity index (χ2v) is 6.44. The summed E-state index contributed by atoms with van der Waals surface area (Å²) in [6.07, 6.45) is 2.51. The molecule has 4 rings (SSSR count). The number of nitrogens with zero attached hydrogens (tertiary/aromatic N) is 2. The van der Waals surface area contributed by atoms with Crippen LogP contribution in [-0.2, 0) is 6.42 Å². The predicted octanol–water partition coefficient (Wildman–Crippen LogP) is 2.77. The van der Waals surface area contributed by atoms with E-state index in [9.17, 15) is 4.79 Å². The van der Waals surface area contributed by atoms with Crippen LogP contribution in [0.5, 0.6) is 0 Å². The molecule has 3 heterocycles. The molecule has 0 radical (unpaired) electrons. The molecule has 24 heavy (non-hydrogen) atoms. The van der Waals surface area contributed by atoms with Gasteiger partial charge in [0.1, 0.15) is 0 Å². The lowest BCUT2D eigenvalue weighted by Gasteiger charge is -2.10. The minimum Gasteiger partial charge on any atom is -0.398 e. The van der Waals surface area contributed by atoms with E-state index in [1.807, 2.05) is 30.3 Å². The van der Waals surface area contributed by atoms with Crippen LogP contribution in [0.3, 0.4) is 0 Å². The number of aromatic nitrogens is 3. The van der Waals surface area contributed by atoms with Gasteiger partial charge in [0.05, 0.1) is 17.0 Å². The van der Waals surface area contributed by atoms with Crippen molar-refractivity contribution in [2.24, 2.45) is 0 Å². The van der Waals surface area contributed by atoms with E-state index < -0.39 is 0 Å². The van der Waals surface area contributed by atoms with Gasteiger partial charge in [0.15, 0.2) is 5.82 Å². The number of halogens is 1. The van der Waals surface area contributed by atoms with Gasteiger partial charge in [-0.15, -0.1) is 0 Å². The van der Waals surface area contributed by atoms with Gasteiger partial charge >= 0.3 is 0 Å². The highest BCUT2D eigenvalue weighted by Crippen LogP contribution is 2.27. The molecule has 0 atom stereocenters. The van der Waals surface area contributed by atoms with Gasteiger partial charge in [-0.25, -0.2) is 9.97 Å². The number of nitrogen functional groups attached to an aromatic ring is 1. The molecule has 0 saturated heterocycles. The Bertz CT molecular complexity index is 950. The highest BCUT2D eigenvalue weighted by Gasteiger charge is 2.20. The van der Waals surface area contributed by atoms with Crippen molar-refractivity contribution in [2.75, 3.05) is 12.3 Å². The maximum atomic E-state index is 11.9. The first kappa shape index (κ1) is 14.9. The van der Waals surface area contributed by atoms with Crippen molar-refractivity contribution < 1.29 is 4.79 Å². The van der Waals surface area contributed by atoms with Crippen LogP contribution >= 0.6 is 15.9 Å². The van der Waals surface area contributed by atoms with E-state index in [-0.39, 0.29) is 5.91 Å². The zero-order chi connectivity index (χ0) is 16.7. The Morgan fingerprint density at radius 1 is 1.21 bits per heavy atom. The fourth-order valence-corrected chi connectivity index (χ4v) is 3.12. The van der Waals surface area contributed by atoms with E-state index in [2.05, 4.69) is 36.2 Å². The van der Waals surface area contributed by atoms with Crippen LogP contribution in [0.1, 0.15) is 16.1 Å². The number of H-pyrrole nitrogens is 1. The molecule has 0 saturated carbocycles. The van der Waals surface area contributed by atoms with Crippen LogP contribution in [0.25, 0.3) is 22.8 Å². The summed E-state index contributed by atoms with van der Waals surface area (Å²) in [6, 6.07) is 9.25. The molecule has 0 fully saturated rings. The molecule has 0 unspecified atom stereocenters. The van der Waals surface area contributed by atoms with Crippen LogP contribution in [0.2, 0.25) is 0 Å². The Morgan fingerprint density at radius 3 is 2.88 bits per heavy atom. The van der Waals surface area contributed by atoms with Gasteiger partial charge in [-0.1, -0.05) is 0 Å². The summed E-state index contributed by atoms with van der Waals surface area (Å²) in [5.74, 6) is 0.556. The minimum atomic E-state index is -0.0458. The summed E-state index contributed by atoms with van der Waals surface area (Å²) in [5, 5.41) is 2.84.